The monoisotopic (exact) mass is 726 g/mol. The van der Waals surface area contributed by atoms with Crippen LogP contribution >= 0.6 is 47.0 Å². The van der Waals surface area contributed by atoms with Crippen LogP contribution < -0.4 is 18.4 Å². The van der Waals surface area contributed by atoms with Gasteiger partial charge in [-0.3, -0.25) is 0 Å². The van der Waals surface area contributed by atoms with Gasteiger partial charge in [-0.1, -0.05) is 0 Å². The number of benzene rings is 6. The van der Waals surface area contributed by atoms with Crippen molar-refractivity contribution in [2.45, 2.75) is 39.2 Å². The van der Waals surface area contributed by atoms with Crippen molar-refractivity contribution in [1.82, 2.24) is 0 Å². The Morgan fingerprint density at radius 3 is 1.02 bits per heavy atom. The van der Waals surface area contributed by atoms with Crippen molar-refractivity contribution in [3.05, 3.63) is 146 Å². The maximum absolute atomic E-state index is 5.34. The minimum atomic E-state index is 0.128. The van der Waals surface area contributed by atoms with Gasteiger partial charge in [0, 0.05) is 0 Å². The van der Waals surface area contributed by atoms with Crippen molar-refractivity contribution in [2.75, 3.05) is 14.2 Å². The molecule has 0 atom stereocenters. The van der Waals surface area contributed by atoms with Gasteiger partial charge in [0.25, 0.3) is 0 Å². The molecule has 0 radical (unpaired) electrons. The van der Waals surface area contributed by atoms with Crippen LogP contribution in [0.1, 0.15) is 0 Å². The summed E-state index contributed by atoms with van der Waals surface area (Å²) in [5, 5.41) is 0. The normalized spacial score (nSPS) is 10.9. The number of hydrogen-bond acceptors (Lipinski definition) is 6. The van der Waals surface area contributed by atoms with E-state index >= 15 is 0 Å². The molecular weight excluding hydrogens is 696 g/mol. The molecule has 6 aromatic rings. The summed E-state index contributed by atoms with van der Waals surface area (Å²) in [6.45, 7) is 0. The van der Waals surface area contributed by atoms with Crippen molar-refractivity contribution >= 4 is 70.9 Å². The number of ether oxygens (including phenoxy) is 2. The Bertz CT molecular complexity index is 1720. The molecule has 0 spiro atoms. The van der Waals surface area contributed by atoms with Gasteiger partial charge in [-0.15, -0.1) is 0 Å². The van der Waals surface area contributed by atoms with Gasteiger partial charge in [0.2, 0.25) is 0 Å². The zero-order valence-corrected chi connectivity index (χ0v) is 29.7. The molecule has 0 bridgehead atoms. The van der Waals surface area contributed by atoms with Gasteiger partial charge in [-0.25, -0.2) is 0 Å². The molecule has 6 rings (SSSR count). The second kappa shape index (κ2) is 15.9. The molecule has 0 saturated carbocycles. The Balaban J connectivity index is 1.22. The van der Waals surface area contributed by atoms with E-state index < -0.39 is 0 Å². The molecule has 45 heavy (non-hydrogen) atoms. The third-order valence-electron chi connectivity index (χ3n) is 6.63. The SMILES string of the molecule is COc1ccc(Sc2ccccc2Sc2ccccc2[Se]c2ccccc2Sc2ccccc2Sc2ccc(OC)cc2)cc1. The van der Waals surface area contributed by atoms with Gasteiger partial charge >= 0.3 is 291 Å². The molecule has 0 aliphatic rings. The summed E-state index contributed by atoms with van der Waals surface area (Å²) in [6.07, 6.45) is 0. The molecule has 2 nitrogen and oxygen atoms in total. The third-order valence-corrected chi connectivity index (χ3v) is 14.4. The number of rotatable bonds is 12. The zero-order chi connectivity index (χ0) is 30.8. The van der Waals surface area contributed by atoms with E-state index in [9.17, 15) is 0 Å². The van der Waals surface area contributed by atoms with E-state index in [0.29, 0.717) is 0 Å². The van der Waals surface area contributed by atoms with E-state index in [-0.39, 0.29) is 15.0 Å². The van der Waals surface area contributed by atoms with E-state index in [1.54, 1.807) is 37.7 Å². The molecule has 0 fully saturated rings. The predicted octanol–water partition coefficient (Wildman–Crippen LogP) is 9.96. The maximum atomic E-state index is 5.34. The van der Waals surface area contributed by atoms with Crippen LogP contribution in [0.15, 0.2) is 185 Å². The summed E-state index contributed by atoms with van der Waals surface area (Å²) in [6, 6.07) is 51.6. The first-order valence-corrected chi connectivity index (χ1v) is 19.2. The second-order valence-electron chi connectivity index (χ2n) is 9.65. The number of methoxy groups -OCH3 is 2. The van der Waals surface area contributed by atoms with Crippen molar-refractivity contribution in [1.29, 1.82) is 0 Å². The van der Waals surface area contributed by atoms with Crippen LogP contribution in [0.2, 0.25) is 0 Å². The summed E-state index contributed by atoms with van der Waals surface area (Å²) < 4.78 is 13.5. The van der Waals surface area contributed by atoms with Crippen LogP contribution in [0, 0.1) is 0 Å². The molecule has 6 aromatic carbocycles. The van der Waals surface area contributed by atoms with Crippen molar-refractivity contribution < 1.29 is 9.47 Å². The fourth-order valence-corrected chi connectivity index (χ4v) is 11.1. The molecule has 0 saturated heterocycles. The Labute approximate surface area is 288 Å². The van der Waals surface area contributed by atoms with Gasteiger partial charge in [0.05, 0.1) is 0 Å². The summed E-state index contributed by atoms with van der Waals surface area (Å²) in [5.74, 6) is 1.74. The topological polar surface area (TPSA) is 18.5 Å². The van der Waals surface area contributed by atoms with E-state index in [0.717, 1.165) is 11.5 Å². The average Bonchev–Trinajstić information content (AvgIpc) is 3.09. The van der Waals surface area contributed by atoms with Crippen LogP contribution in [-0.2, 0) is 0 Å². The van der Waals surface area contributed by atoms with Crippen LogP contribution in [0.25, 0.3) is 0 Å². The first kappa shape index (κ1) is 31.8. The fraction of sp³-hybridized carbons (Fsp3) is 0.0526. The fourth-order valence-electron chi connectivity index (χ4n) is 4.37. The molecule has 0 heterocycles. The molecule has 0 aliphatic heterocycles. The second-order valence-corrected chi connectivity index (χ2v) is 16.3. The van der Waals surface area contributed by atoms with Gasteiger partial charge in [-0.05, 0) is 0 Å². The average molecular weight is 726 g/mol. The van der Waals surface area contributed by atoms with Crippen LogP contribution in [0.5, 0.6) is 11.5 Å². The summed E-state index contributed by atoms with van der Waals surface area (Å²) >= 11 is 7.41. The van der Waals surface area contributed by atoms with E-state index in [1.165, 1.54) is 48.1 Å². The molecule has 224 valence electrons. The predicted molar refractivity (Wildman–Crippen MR) is 193 cm³/mol. The Morgan fingerprint density at radius 2 is 0.667 bits per heavy atom. The van der Waals surface area contributed by atoms with E-state index in [1.807, 2.05) is 47.8 Å². The number of hydrogen-bond donors (Lipinski definition) is 0. The third kappa shape index (κ3) is 8.56. The van der Waals surface area contributed by atoms with Crippen LogP contribution in [0.3, 0.4) is 0 Å². The van der Waals surface area contributed by atoms with E-state index in [4.69, 9.17) is 9.47 Å². The summed E-state index contributed by atoms with van der Waals surface area (Å²) in [5.41, 5.74) is 0. The summed E-state index contributed by atoms with van der Waals surface area (Å²) in [7, 11) is 3.40. The molecule has 0 aromatic heterocycles. The molecular formula is C38H30O2S4Se. The zero-order valence-electron chi connectivity index (χ0n) is 24.7. The minimum absolute atomic E-state index is 0.128. The van der Waals surface area contributed by atoms with Crippen LogP contribution in [0.4, 0.5) is 0 Å². The standard InChI is InChI=1S/C38H30O2S4Se/c1-39-27-19-23-29(24-20-27)41-31-11-3-5-13-33(31)43-35-15-7-9-17-37(35)45-38-18-10-8-16-36(38)44-34-14-6-4-12-32(34)42-30-25-21-28(40-2)22-26-30/h3-26H,1-2H3. The quantitative estimate of drug-likeness (QED) is 0.116. The Hall–Kier alpha value is -3.16. The molecule has 0 N–H and O–H groups in total. The van der Waals surface area contributed by atoms with Gasteiger partial charge in [0.1, 0.15) is 0 Å². The molecule has 0 unspecified atom stereocenters. The van der Waals surface area contributed by atoms with Crippen LogP contribution in [-0.4, -0.2) is 29.2 Å². The summed E-state index contributed by atoms with van der Waals surface area (Å²) in [4.78, 5) is 10.00. The van der Waals surface area contributed by atoms with Crippen molar-refractivity contribution in [3.8, 4) is 11.5 Å². The van der Waals surface area contributed by atoms with Crippen molar-refractivity contribution in [3.63, 3.8) is 0 Å². The Morgan fingerprint density at radius 1 is 0.356 bits per heavy atom. The van der Waals surface area contributed by atoms with Gasteiger partial charge in [-0.2, -0.15) is 0 Å². The first-order valence-electron chi connectivity index (χ1n) is 14.2. The Kier molecular flexibility index (Phi) is 11.2. The van der Waals surface area contributed by atoms with Gasteiger partial charge in [0.15, 0.2) is 0 Å². The first-order chi connectivity index (χ1) is 22.2. The molecule has 7 heteroatoms. The van der Waals surface area contributed by atoms with Gasteiger partial charge < -0.3 is 0 Å². The molecule has 0 amide bonds. The van der Waals surface area contributed by atoms with Crippen molar-refractivity contribution in [2.24, 2.45) is 0 Å². The molecule has 0 aliphatic carbocycles. The van der Waals surface area contributed by atoms with E-state index in [2.05, 4.69) is 121 Å².